The second kappa shape index (κ2) is 2.42. The molecule has 0 spiro atoms. The lowest BCUT2D eigenvalue weighted by atomic mass is 10.4. The Morgan fingerprint density at radius 1 is 1.82 bits per heavy atom. The van der Waals surface area contributed by atoms with Crippen molar-refractivity contribution >= 4 is 11.9 Å². The van der Waals surface area contributed by atoms with Crippen LogP contribution < -0.4 is 5.32 Å². The first-order valence-electron chi connectivity index (χ1n) is 2.87. The number of carbonyl (C=O) groups is 1. The number of quaternary nitrogens is 1. The van der Waals surface area contributed by atoms with E-state index in [4.69, 9.17) is 10.5 Å². The number of hydrogen-bond acceptors (Lipinski definition) is 4. The molecule has 1 atom stereocenters. The van der Waals surface area contributed by atoms with Crippen LogP contribution in [-0.4, -0.2) is 28.4 Å². The maximum absolute atomic E-state index is 11.1. The maximum atomic E-state index is 11.1. The minimum atomic E-state index is -1.47. The first kappa shape index (κ1) is 7.86. The Morgan fingerprint density at radius 3 is 2.91 bits per heavy atom. The van der Waals surface area contributed by atoms with Crippen LogP contribution in [0.5, 0.6) is 0 Å². The highest BCUT2D eigenvalue weighted by molar-refractivity contribution is 6.01. The summed E-state index contributed by atoms with van der Waals surface area (Å²) in [4.78, 5) is 10.8. The summed E-state index contributed by atoms with van der Waals surface area (Å²) in [7, 11) is 0. The van der Waals surface area contributed by atoms with E-state index in [-0.39, 0.29) is 5.84 Å². The Kier molecular flexibility index (Phi) is 1.73. The molecule has 0 fully saturated rings. The summed E-state index contributed by atoms with van der Waals surface area (Å²) in [6.45, 7) is -0.852. The summed E-state index contributed by atoms with van der Waals surface area (Å²) in [5.41, 5.74) is 0. The van der Waals surface area contributed by atoms with Gasteiger partial charge >= 0.3 is 6.03 Å². The number of hydroxylamine groups is 3. The topological polar surface area (TPSA) is 96.2 Å². The van der Waals surface area contributed by atoms with Gasteiger partial charge in [0.05, 0.1) is 0 Å². The van der Waals surface area contributed by atoms with Gasteiger partial charge in [0.1, 0.15) is 12.0 Å². The number of rotatable bonds is 1. The Balaban J connectivity index is 2.92. The smallest absolute Gasteiger partial charge is 0.428 e. The molecular formula is C5H7N3O3. The highest BCUT2D eigenvalue weighted by atomic mass is 16.6. The molecule has 0 saturated heterocycles. The quantitative estimate of drug-likeness (QED) is 0.352. The number of amides is 2. The van der Waals surface area contributed by atoms with Gasteiger partial charge in [0.2, 0.25) is 0 Å². The molecule has 11 heavy (non-hydrogen) atoms. The molecule has 0 aromatic rings. The molecule has 60 valence electrons. The minimum Gasteiger partial charge on any atom is -0.617 e. The van der Waals surface area contributed by atoms with E-state index in [1.54, 1.807) is 0 Å². The third-order valence-corrected chi connectivity index (χ3v) is 1.28. The highest BCUT2D eigenvalue weighted by Crippen LogP contribution is 2.08. The average molecular weight is 157 g/mol. The number of nitrogens with one attached hydrogen (secondary N) is 2. The summed E-state index contributed by atoms with van der Waals surface area (Å²) in [5.74, 6) is -0.145. The van der Waals surface area contributed by atoms with Gasteiger partial charge in [-0.2, -0.15) is 0 Å². The average Bonchev–Trinajstić information content (AvgIpc) is 1.98. The van der Waals surface area contributed by atoms with Gasteiger partial charge in [-0.05, 0) is 0 Å². The number of aliphatic hydroxyl groups excluding tert-OH is 1. The molecule has 1 aliphatic heterocycles. The molecule has 3 N–H and O–H groups in total. The van der Waals surface area contributed by atoms with Crippen molar-refractivity contribution < 1.29 is 14.5 Å². The Hall–Kier alpha value is -1.24. The Labute approximate surface area is 62.4 Å². The largest absolute Gasteiger partial charge is 0.617 e. The lowest BCUT2D eigenvalue weighted by Gasteiger charge is -2.34. The second-order valence-electron chi connectivity index (χ2n) is 2.10. The molecule has 0 aromatic heterocycles. The highest BCUT2D eigenvalue weighted by Gasteiger charge is 2.28. The van der Waals surface area contributed by atoms with E-state index in [1.165, 1.54) is 0 Å². The standard InChI is InChI=1S/C5H7N3O3/c6-4-1-2-8(11,3-9)5(10)7-4/h1-2,9H,3H2,(H2,6,7,10). The summed E-state index contributed by atoms with van der Waals surface area (Å²) in [6.07, 6.45) is 2.05. The van der Waals surface area contributed by atoms with E-state index in [9.17, 15) is 10.0 Å². The predicted octanol–water partition coefficient (Wildman–Crippen LogP) is -0.535. The van der Waals surface area contributed by atoms with Crippen molar-refractivity contribution in [3.05, 3.63) is 17.5 Å². The van der Waals surface area contributed by atoms with E-state index in [0.29, 0.717) is 0 Å². The van der Waals surface area contributed by atoms with Crippen LogP contribution >= 0.6 is 0 Å². The van der Waals surface area contributed by atoms with Crippen molar-refractivity contribution in [3.63, 3.8) is 0 Å². The van der Waals surface area contributed by atoms with Gasteiger partial charge in [-0.25, -0.2) is 9.44 Å². The molecule has 0 radical (unpaired) electrons. The van der Waals surface area contributed by atoms with E-state index < -0.39 is 17.4 Å². The van der Waals surface area contributed by atoms with Crippen LogP contribution in [0.4, 0.5) is 4.79 Å². The van der Waals surface area contributed by atoms with Crippen molar-refractivity contribution in [2.45, 2.75) is 0 Å². The molecule has 1 aliphatic rings. The van der Waals surface area contributed by atoms with Gasteiger partial charge in [0.25, 0.3) is 0 Å². The molecule has 0 bridgehead atoms. The van der Waals surface area contributed by atoms with E-state index >= 15 is 0 Å². The molecule has 1 rings (SSSR count). The molecule has 6 nitrogen and oxygen atoms in total. The van der Waals surface area contributed by atoms with Gasteiger partial charge < -0.3 is 10.3 Å². The van der Waals surface area contributed by atoms with Crippen molar-refractivity contribution in [2.75, 3.05) is 6.73 Å². The van der Waals surface area contributed by atoms with Gasteiger partial charge in [-0.1, -0.05) is 0 Å². The minimum absolute atomic E-state index is 0.145. The monoisotopic (exact) mass is 157 g/mol. The molecular weight excluding hydrogens is 150 g/mol. The second-order valence-corrected chi connectivity index (χ2v) is 2.10. The first-order valence-corrected chi connectivity index (χ1v) is 2.87. The first-order chi connectivity index (χ1) is 5.08. The van der Waals surface area contributed by atoms with E-state index in [2.05, 4.69) is 0 Å². The molecule has 1 unspecified atom stereocenters. The van der Waals surface area contributed by atoms with E-state index in [1.807, 2.05) is 5.32 Å². The van der Waals surface area contributed by atoms with Crippen LogP contribution in [0.15, 0.2) is 12.3 Å². The Morgan fingerprint density at radius 2 is 2.45 bits per heavy atom. The van der Waals surface area contributed by atoms with Crippen molar-refractivity contribution in [3.8, 4) is 0 Å². The van der Waals surface area contributed by atoms with Crippen LogP contribution in [0, 0.1) is 10.6 Å². The van der Waals surface area contributed by atoms with Crippen molar-refractivity contribution in [1.82, 2.24) is 5.32 Å². The van der Waals surface area contributed by atoms with Crippen molar-refractivity contribution in [2.24, 2.45) is 0 Å². The van der Waals surface area contributed by atoms with Gasteiger partial charge in [-0.15, -0.1) is 0 Å². The Bertz CT molecular complexity index is 237. The molecule has 0 aliphatic carbocycles. The predicted molar refractivity (Wildman–Crippen MR) is 36.1 cm³/mol. The summed E-state index contributed by atoms with van der Waals surface area (Å²) < 4.78 is -1.47. The third-order valence-electron chi connectivity index (χ3n) is 1.28. The molecule has 6 heteroatoms. The van der Waals surface area contributed by atoms with Crippen LogP contribution in [-0.2, 0) is 0 Å². The van der Waals surface area contributed by atoms with Gasteiger partial charge in [0, 0.05) is 6.08 Å². The zero-order chi connectivity index (χ0) is 8.48. The van der Waals surface area contributed by atoms with Crippen LogP contribution in [0.1, 0.15) is 0 Å². The van der Waals surface area contributed by atoms with Crippen LogP contribution in [0.2, 0.25) is 0 Å². The SMILES string of the molecule is N=C1C=C[N+]([O-])(CO)C(=O)N1. The van der Waals surface area contributed by atoms with Crippen molar-refractivity contribution in [1.29, 1.82) is 5.41 Å². The van der Waals surface area contributed by atoms with Gasteiger partial charge in [0.15, 0.2) is 6.73 Å². The van der Waals surface area contributed by atoms with Crippen LogP contribution in [0.25, 0.3) is 0 Å². The number of amidine groups is 1. The molecule has 0 saturated carbocycles. The molecule has 2 amide bonds. The number of hydrogen-bond donors (Lipinski definition) is 3. The zero-order valence-corrected chi connectivity index (χ0v) is 5.57. The lowest BCUT2D eigenvalue weighted by Crippen LogP contribution is -2.53. The van der Waals surface area contributed by atoms with Gasteiger partial charge in [-0.3, -0.25) is 10.7 Å². The summed E-state index contributed by atoms with van der Waals surface area (Å²) in [6, 6.07) is -0.944. The number of nitrogens with zero attached hydrogens (tertiary/aromatic N) is 1. The fourth-order valence-electron chi connectivity index (χ4n) is 0.625. The summed E-state index contributed by atoms with van der Waals surface area (Å²) >= 11 is 0. The molecule has 0 aromatic carbocycles. The number of aliphatic hydroxyl groups is 1. The fraction of sp³-hybridized carbons (Fsp3) is 0.200. The molecule has 1 heterocycles. The van der Waals surface area contributed by atoms with E-state index in [0.717, 1.165) is 12.3 Å². The zero-order valence-electron chi connectivity index (χ0n) is 5.57. The fourth-order valence-corrected chi connectivity index (χ4v) is 0.625. The number of carbonyl (C=O) groups excluding carboxylic acids is 1. The normalized spacial score (nSPS) is 30.4. The summed E-state index contributed by atoms with van der Waals surface area (Å²) in [5, 5.41) is 28.4. The third kappa shape index (κ3) is 1.27. The maximum Gasteiger partial charge on any atom is 0.428 e. The van der Waals surface area contributed by atoms with Crippen LogP contribution in [0.3, 0.4) is 0 Å². The number of urea groups is 1. The lowest BCUT2D eigenvalue weighted by molar-refractivity contribution is -0.768.